The smallest absolute Gasteiger partial charge is 0.236 e. The zero-order valence-electron chi connectivity index (χ0n) is 11.8. The maximum atomic E-state index is 12.2. The number of methoxy groups -OCH3 is 1. The summed E-state index contributed by atoms with van der Waals surface area (Å²) < 4.78 is 5.07. The number of amides is 1. The number of aliphatic hydroxyl groups is 1. The van der Waals surface area contributed by atoms with Crippen LogP contribution in [0.2, 0.25) is 0 Å². The van der Waals surface area contributed by atoms with Gasteiger partial charge < -0.3 is 20.1 Å². The largest absolute Gasteiger partial charge is 0.396 e. The molecule has 5 nitrogen and oxygen atoms in total. The van der Waals surface area contributed by atoms with Crippen molar-refractivity contribution in [3.63, 3.8) is 0 Å². The van der Waals surface area contributed by atoms with Gasteiger partial charge in [-0.25, -0.2) is 0 Å². The first-order valence-electron chi connectivity index (χ1n) is 6.90. The number of hydrogen-bond acceptors (Lipinski definition) is 5. The number of fused-ring (bicyclic) bond motifs is 1. The van der Waals surface area contributed by atoms with Gasteiger partial charge in [0.2, 0.25) is 5.91 Å². The first-order valence-corrected chi connectivity index (χ1v) is 7.78. The van der Waals surface area contributed by atoms with Gasteiger partial charge in [0, 0.05) is 37.7 Å². The summed E-state index contributed by atoms with van der Waals surface area (Å²) in [6, 6.07) is 2.13. The predicted molar refractivity (Wildman–Crippen MR) is 78.8 cm³/mol. The minimum atomic E-state index is 0.0236. The van der Waals surface area contributed by atoms with Gasteiger partial charge in [-0.1, -0.05) is 0 Å². The molecular weight excluding hydrogens is 276 g/mol. The molecule has 20 heavy (non-hydrogen) atoms. The quantitative estimate of drug-likeness (QED) is 0.775. The lowest BCUT2D eigenvalue weighted by atomic mass is 10.1. The third-order valence-electron chi connectivity index (χ3n) is 3.55. The molecule has 0 bridgehead atoms. The molecule has 112 valence electrons. The van der Waals surface area contributed by atoms with Gasteiger partial charge in [-0.2, -0.15) is 0 Å². The topological polar surface area (TPSA) is 61.8 Å². The van der Waals surface area contributed by atoms with Crippen molar-refractivity contribution < 1.29 is 14.6 Å². The molecule has 1 amide bonds. The highest BCUT2D eigenvalue weighted by Gasteiger charge is 2.21. The highest BCUT2D eigenvalue weighted by Crippen LogP contribution is 2.23. The number of carbonyl (C=O) groups excluding carboxylic acids is 1. The normalized spacial score (nSPS) is 16.0. The maximum Gasteiger partial charge on any atom is 0.236 e. The molecule has 0 spiro atoms. The highest BCUT2D eigenvalue weighted by atomic mass is 32.1. The molecule has 0 saturated heterocycles. The second kappa shape index (κ2) is 7.73. The first kappa shape index (κ1) is 15.4. The van der Waals surface area contributed by atoms with Gasteiger partial charge in [0.1, 0.15) is 0 Å². The van der Waals surface area contributed by atoms with E-state index in [1.54, 1.807) is 18.4 Å². The van der Waals surface area contributed by atoms with Gasteiger partial charge in [-0.05, 0) is 29.9 Å². The average molecular weight is 298 g/mol. The molecule has 0 saturated carbocycles. The summed E-state index contributed by atoms with van der Waals surface area (Å²) in [7, 11) is 1.62. The van der Waals surface area contributed by atoms with Gasteiger partial charge in [-0.3, -0.25) is 4.79 Å². The molecule has 2 N–H and O–H groups in total. The summed E-state index contributed by atoms with van der Waals surface area (Å²) in [5, 5.41) is 14.2. The third kappa shape index (κ3) is 4.02. The molecule has 2 heterocycles. The Morgan fingerprint density at radius 3 is 3.25 bits per heavy atom. The lowest BCUT2D eigenvalue weighted by Gasteiger charge is -2.28. The molecule has 1 unspecified atom stereocenters. The van der Waals surface area contributed by atoms with Gasteiger partial charge in [-0.15, -0.1) is 11.3 Å². The molecule has 1 aliphatic rings. The van der Waals surface area contributed by atoms with Gasteiger partial charge >= 0.3 is 0 Å². The Bertz CT molecular complexity index is 430. The Morgan fingerprint density at radius 1 is 1.65 bits per heavy atom. The van der Waals surface area contributed by atoms with Crippen molar-refractivity contribution in [2.24, 2.45) is 0 Å². The number of carbonyl (C=O) groups is 1. The monoisotopic (exact) mass is 298 g/mol. The van der Waals surface area contributed by atoms with E-state index in [1.165, 1.54) is 10.4 Å². The molecule has 1 atom stereocenters. The van der Waals surface area contributed by atoms with Crippen LogP contribution in [-0.4, -0.2) is 55.4 Å². The number of aliphatic hydroxyl groups excluding tert-OH is 1. The average Bonchev–Trinajstić information content (AvgIpc) is 2.92. The van der Waals surface area contributed by atoms with Gasteiger partial charge in [0.25, 0.3) is 0 Å². The van der Waals surface area contributed by atoms with E-state index in [1.807, 2.05) is 4.90 Å². The second-order valence-corrected chi connectivity index (χ2v) is 5.98. The fourth-order valence-electron chi connectivity index (χ4n) is 2.41. The summed E-state index contributed by atoms with van der Waals surface area (Å²) in [4.78, 5) is 15.5. The molecular formula is C14H22N2O3S. The fraction of sp³-hybridized carbons (Fsp3) is 0.643. The number of nitrogens with one attached hydrogen (secondary N) is 1. The molecule has 0 fully saturated rings. The maximum absolute atomic E-state index is 12.2. The summed E-state index contributed by atoms with van der Waals surface area (Å²) in [5.41, 5.74) is 1.28. The van der Waals surface area contributed by atoms with E-state index >= 15 is 0 Å². The third-order valence-corrected chi connectivity index (χ3v) is 4.57. The van der Waals surface area contributed by atoms with E-state index in [9.17, 15) is 4.79 Å². The second-order valence-electron chi connectivity index (χ2n) is 4.98. The lowest BCUT2D eigenvalue weighted by molar-refractivity contribution is -0.131. The van der Waals surface area contributed by atoms with Crippen LogP contribution >= 0.6 is 11.3 Å². The Hall–Kier alpha value is -0.950. The molecule has 0 aromatic carbocycles. The number of nitrogens with zero attached hydrogens (tertiary/aromatic N) is 1. The highest BCUT2D eigenvalue weighted by molar-refractivity contribution is 7.10. The van der Waals surface area contributed by atoms with E-state index in [4.69, 9.17) is 9.84 Å². The van der Waals surface area contributed by atoms with Crippen molar-refractivity contribution in [2.45, 2.75) is 25.4 Å². The Kier molecular flexibility index (Phi) is 5.97. The molecule has 0 radical (unpaired) electrons. The van der Waals surface area contributed by atoms with Crippen LogP contribution in [0.4, 0.5) is 0 Å². The minimum absolute atomic E-state index is 0.0236. The Balaban J connectivity index is 1.80. The van der Waals surface area contributed by atoms with Crippen LogP contribution in [-0.2, 0) is 22.5 Å². The van der Waals surface area contributed by atoms with Crippen molar-refractivity contribution in [3.05, 3.63) is 21.9 Å². The van der Waals surface area contributed by atoms with Crippen LogP contribution in [0.5, 0.6) is 0 Å². The summed E-state index contributed by atoms with van der Waals surface area (Å²) in [6.45, 7) is 2.41. The van der Waals surface area contributed by atoms with Crippen molar-refractivity contribution in [3.8, 4) is 0 Å². The van der Waals surface area contributed by atoms with Crippen LogP contribution in [0.1, 0.15) is 16.9 Å². The van der Waals surface area contributed by atoms with Crippen LogP contribution in [0.15, 0.2) is 11.4 Å². The van der Waals surface area contributed by atoms with Crippen molar-refractivity contribution in [1.82, 2.24) is 10.2 Å². The van der Waals surface area contributed by atoms with E-state index in [2.05, 4.69) is 16.8 Å². The number of hydrogen-bond donors (Lipinski definition) is 2. The first-order chi connectivity index (χ1) is 9.74. The van der Waals surface area contributed by atoms with Crippen molar-refractivity contribution >= 4 is 17.2 Å². The standard InChI is InChI=1S/C14H22N2O3S/c1-19-10-12(3-6-17)15-8-14(18)16-5-2-13-11(9-16)4-7-20-13/h4,7,12,15,17H,2-3,5-6,8-10H2,1H3. The van der Waals surface area contributed by atoms with Gasteiger partial charge in [0.05, 0.1) is 13.2 Å². The summed E-state index contributed by atoms with van der Waals surface area (Å²) >= 11 is 1.77. The summed E-state index contributed by atoms with van der Waals surface area (Å²) in [6.07, 6.45) is 1.55. The van der Waals surface area contributed by atoms with Gasteiger partial charge in [0.15, 0.2) is 0 Å². The van der Waals surface area contributed by atoms with Crippen LogP contribution in [0, 0.1) is 0 Å². The molecule has 2 rings (SSSR count). The fourth-order valence-corrected chi connectivity index (χ4v) is 3.30. The number of ether oxygens (including phenoxy) is 1. The molecule has 1 aromatic rings. The molecule has 1 aromatic heterocycles. The lowest BCUT2D eigenvalue weighted by Crippen LogP contribution is -2.44. The van der Waals surface area contributed by atoms with E-state index in [0.717, 1.165) is 13.0 Å². The number of rotatable bonds is 7. The Labute approximate surface area is 123 Å². The minimum Gasteiger partial charge on any atom is -0.396 e. The van der Waals surface area contributed by atoms with Crippen LogP contribution in [0.25, 0.3) is 0 Å². The molecule has 6 heteroatoms. The van der Waals surface area contributed by atoms with E-state index in [-0.39, 0.29) is 18.6 Å². The van der Waals surface area contributed by atoms with E-state index in [0.29, 0.717) is 26.1 Å². The molecule has 0 aliphatic carbocycles. The van der Waals surface area contributed by atoms with Crippen molar-refractivity contribution in [2.75, 3.05) is 33.4 Å². The van der Waals surface area contributed by atoms with Crippen LogP contribution < -0.4 is 5.32 Å². The van der Waals surface area contributed by atoms with Crippen LogP contribution in [0.3, 0.4) is 0 Å². The van der Waals surface area contributed by atoms with E-state index < -0.39 is 0 Å². The number of thiophene rings is 1. The molecule has 1 aliphatic heterocycles. The Morgan fingerprint density at radius 2 is 2.50 bits per heavy atom. The van der Waals surface area contributed by atoms with Crippen molar-refractivity contribution in [1.29, 1.82) is 0 Å². The SMILES string of the molecule is COCC(CCO)NCC(=O)N1CCc2sccc2C1. The zero-order chi connectivity index (χ0) is 14.4. The summed E-state index contributed by atoms with van der Waals surface area (Å²) in [5.74, 6) is 0.112. The zero-order valence-corrected chi connectivity index (χ0v) is 12.6. The predicted octanol–water partition coefficient (Wildman–Crippen LogP) is 0.620.